The maximum Gasteiger partial charge on any atom is 0.339 e. The van der Waals surface area contributed by atoms with E-state index >= 15 is 0 Å². The number of anilines is 2. The molecule has 0 saturated heterocycles. The normalized spacial score (nSPS) is 18.3. The summed E-state index contributed by atoms with van der Waals surface area (Å²) in [6.45, 7) is 6.47. The van der Waals surface area contributed by atoms with Crippen LogP contribution >= 0.6 is 0 Å². The summed E-state index contributed by atoms with van der Waals surface area (Å²) < 4.78 is 14.6. The number of benzene rings is 2. The summed E-state index contributed by atoms with van der Waals surface area (Å²) in [5.74, 6) is -0.0483. The molecule has 3 rings (SSSR count). The van der Waals surface area contributed by atoms with Gasteiger partial charge in [-0.2, -0.15) is 5.10 Å². The minimum absolute atomic E-state index is 0.0223. The van der Waals surface area contributed by atoms with Gasteiger partial charge in [-0.05, 0) is 56.0 Å². The van der Waals surface area contributed by atoms with Crippen LogP contribution in [0.1, 0.15) is 44.2 Å². The fraction of sp³-hybridized carbons (Fsp3) is 0.333. The van der Waals surface area contributed by atoms with E-state index in [4.69, 9.17) is 0 Å². The molecule has 0 fully saturated rings. The average molecular weight is 368 g/mol. The Bertz CT molecular complexity index is 864. The first-order chi connectivity index (χ1) is 12.8. The Morgan fingerprint density at radius 2 is 2.00 bits per heavy atom. The molecule has 0 aliphatic carbocycles. The Labute approximate surface area is 159 Å². The summed E-state index contributed by atoms with van der Waals surface area (Å²) in [5, 5.41) is 6.53. The standard InChI is InChI=1S/C21H25FN4O/c1-14-12-21(2,3)26(4)19-11-18(22)15(10-17(14)19)13-23-25-20(27)24-16-8-6-5-7-9-16/h5-11,13-14H,12H2,1-4H3,(H2,24,25,27)/b23-13+. The van der Waals surface area contributed by atoms with E-state index in [0.717, 1.165) is 17.7 Å². The highest BCUT2D eigenvalue weighted by atomic mass is 19.1. The Morgan fingerprint density at radius 1 is 1.30 bits per heavy atom. The predicted octanol–water partition coefficient (Wildman–Crippen LogP) is 4.70. The highest BCUT2D eigenvalue weighted by Crippen LogP contribution is 2.43. The number of nitrogens with zero attached hydrogens (tertiary/aromatic N) is 2. The molecule has 6 heteroatoms. The van der Waals surface area contributed by atoms with Crippen molar-refractivity contribution in [3.63, 3.8) is 0 Å². The smallest absolute Gasteiger partial charge is 0.339 e. The molecular formula is C21H25FN4O. The summed E-state index contributed by atoms with van der Waals surface area (Å²) in [6, 6.07) is 11.9. The Kier molecular flexibility index (Phi) is 5.17. The third kappa shape index (κ3) is 4.10. The molecule has 142 valence electrons. The third-order valence-corrected chi connectivity index (χ3v) is 5.15. The van der Waals surface area contributed by atoms with Crippen molar-refractivity contribution in [1.82, 2.24) is 5.43 Å². The van der Waals surface area contributed by atoms with Crippen LogP contribution in [0, 0.1) is 5.82 Å². The van der Waals surface area contributed by atoms with E-state index in [1.165, 1.54) is 6.21 Å². The minimum Gasteiger partial charge on any atom is -0.369 e. The van der Waals surface area contributed by atoms with Crippen LogP contribution < -0.4 is 15.6 Å². The fourth-order valence-electron chi connectivity index (χ4n) is 3.54. The maximum atomic E-state index is 14.6. The molecule has 2 aromatic carbocycles. The third-order valence-electron chi connectivity index (χ3n) is 5.15. The van der Waals surface area contributed by atoms with Crippen molar-refractivity contribution in [2.24, 2.45) is 5.10 Å². The second-order valence-electron chi connectivity index (χ2n) is 7.60. The van der Waals surface area contributed by atoms with Gasteiger partial charge in [-0.1, -0.05) is 25.1 Å². The molecule has 2 N–H and O–H groups in total. The minimum atomic E-state index is -0.481. The van der Waals surface area contributed by atoms with Crippen molar-refractivity contribution in [1.29, 1.82) is 0 Å². The SMILES string of the molecule is CC1CC(C)(C)N(C)c2cc(F)c(/C=N/NC(=O)Nc3ccccc3)cc21. The molecule has 1 heterocycles. The second kappa shape index (κ2) is 7.39. The van der Waals surface area contributed by atoms with Crippen molar-refractivity contribution in [2.45, 2.75) is 38.6 Å². The topological polar surface area (TPSA) is 56.7 Å². The molecule has 2 aromatic rings. The number of fused-ring (bicyclic) bond motifs is 1. The number of amides is 2. The summed E-state index contributed by atoms with van der Waals surface area (Å²) in [7, 11) is 1.99. The average Bonchev–Trinajstić information content (AvgIpc) is 2.61. The van der Waals surface area contributed by atoms with E-state index in [0.29, 0.717) is 17.2 Å². The van der Waals surface area contributed by atoms with E-state index in [9.17, 15) is 9.18 Å². The van der Waals surface area contributed by atoms with E-state index < -0.39 is 6.03 Å². The summed E-state index contributed by atoms with van der Waals surface area (Å²) >= 11 is 0. The van der Waals surface area contributed by atoms with Gasteiger partial charge in [0.1, 0.15) is 5.82 Å². The lowest BCUT2D eigenvalue weighted by Gasteiger charge is -2.45. The van der Waals surface area contributed by atoms with Crippen molar-refractivity contribution in [2.75, 3.05) is 17.3 Å². The van der Waals surface area contributed by atoms with Gasteiger partial charge in [-0.15, -0.1) is 0 Å². The van der Waals surface area contributed by atoms with Crippen molar-refractivity contribution in [3.05, 3.63) is 59.4 Å². The van der Waals surface area contributed by atoms with Gasteiger partial charge in [0.25, 0.3) is 0 Å². The molecule has 0 saturated carbocycles. The zero-order valence-corrected chi connectivity index (χ0v) is 16.1. The van der Waals surface area contributed by atoms with Crippen LogP contribution in [-0.4, -0.2) is 24.8 Å². The van der Waals surface area contributed by atoms with Gasteiger partial charge < -0.3 is 10.2 Å². The summed E-state index contributed by atoms with van der Waals surface area (Å²) in [5.41, 5.74) is 5.35. The van der Waals surface area contributed by atoms with Gasteiger partial charge in [-0.3, -0.25) is 0 Å². The van der Waals surface area contributed by atoms with E-state index in [1.807, 2.05) is 31.3 Å². The zero-order chi connectivity index (χ0) is 19.6. The summed E-state index contributed by atoms with van der Waals surface area (Å²) in [4.78, 5) is 14.0. The van der Waals surface area contributed by atoms with Crippen molar-refractivity contribution >= 4 is 23.6 Å². The van der Waals surface area contributed by atoms with Crippen LogP contribution in [0.15, 0.2) is 47.6 Å². The largest absolute Gasteiger partial charge is 0.369 e. The van der Waals surface area contributed by atoms with Crippen LogP contribution in [0.4, 0.5) is 20.6 Å². The second-order valence-corrected chi connectivity index (χ2v) is 7.60. The number of carbonyl (C=O) groups excluding carboxylic acids is 1. The molecule has 2 amide bonds. The number of halogens is 1. The number of urea groups is 1. The monoisotopic (exact) mass is 368 g/mol. The van der Waals surface area contributed by atoms with Gasteiger partial charge in [0.2, 0.25) is 0 Å². The predicted molar refractivity (Wildman–Crippen MR) is 108 cm³/mol. The molecule has 0 spiro atoms. The lowest BCUT2D eigenvalue weighted by molar-refractivity contribution is 0.252. The van der Waals surface area contributed by atoms with Crippen LogP contribution in [-0.2, 0) is 0 Å². The first kappa shape index (κ1) is 18.9. The number of hydrogen-bond acceptors (Lipinski definition) is 3. The first-order valence-electron chi connectivity index (χ1n) is 9.00. The molecule has 27 heavy (non-hydrogen) atoms. The van der Waals surface area contributed by atoms with Crippen LogP contribution in [0.3, 0.4) is 0 Å². The van der Waals surface area contributed by atoms with Crippen LogP contribution in [0.5, 0.6) is 0 Å². The number of hydrogen-bond donors (Lipinski definition) is 2. The van der Waals surface area contributed by atoms with Crippen LogP contribution in [0.2, 0.25) is 0 Å². The van der Waals surface area contributed by atoms with Crippen molar-refractivity contribution < 1.29 is 9.18 Å². The first-order valence-corrected chi connectivity index (χ1v) is 9.00. The molecule has 1 unspecified atom stereocenters. The van der Waals surface area contributed by atoms with E-state index in [-0.39, 0.29) is 11.4 Å². The fourth-order valence-corrected chi connectivity index (χ4v) is 3.54. The molecule has 1 aliphatic rings. The lowest BCUT2D eigenvalue weighted by Crippen LogP contribution is -2.45. The highest BCUT2D eigenvalue weighted by Gasteiger charge is 2.34. The van der Waals surface area contributed by atoms with Gasteiger partial charge in [0, 0.05) is 29.5 Å². The Morgan fingerprint density at radius 3 is 2.70 bits per heavy atom. The van der Waals surface area contributed by atoms with E-state index in [1.54, 1.807) is 18.2 Å². The molecule has 0 bridgehead atoms. The molecule has 0 radical (unpaired) electrons. The van der Waals surface area contributed by atoms with Gasteiger partial charge in [-0.25, -0.2) is 14.6 Å². The molecule has 0 aromatic heterocycles. The lowest BCUT2D eigenvalue weighted by atomic mass is 9.80. The van der Waals surface area contributed by atoms with Gasteiger partial charge in [0.15, 0.2) is 0 Å². The number of rotatable bonds is 3. The number of para-hydroxylation sites is 1. The molecule has 1 aliphatic heterocycles. The maximum absolute atomic E-state index is 14.6. The van der Waals surface area contributed by atoms with E-state index in [2.05, 4.69) is 41.5 Å². The van der Waals surface area contributed by atoms with Gasteiger partial charge >= 0.3 is 6.03 Å². The molecule has 5 nitrogen and oxygen atoms in total. The van der Waals surface area contributed by atoms with Crippen LogP contribution in [0.25, 0.3) is 0 Å². The molecule has 1 atom stereocenters. The quantitative estimate of drug-likeness (QED) is 0.609. The Hall–Kier alpha value is -2.89. The zero-order valence-electron chi connectivity index (χ0n) is 16.1. The number of nitrogens with one attached hydrogen (secondary N) is 2. The van der Waals surface area contributed by atoms with Gasteiger partial charge in [0.05, 0.1) is 6.21 Å². The molecular weight excluding hydrogens is 343 g/mol. The highest BCUT2D eigenvalue weighted by molar-refractivity contribution is 5.90. The van der Waals surface area contributed by atoms with Crippen molar-refractivity contribution in [3.8, 4) is 0 Å². The number of carbonyl (C=O) groups is 1. The Balaban J connectivity index is 1.73. The number of hydrazone groups is 1. The summed E-state index contributed by atoms with van der Waals surface area (Å²) in [6.07, 6.45) is 2.32.